The van der Waals surface area contributed by atoms with Crippen molar-refractivity contribution in [3.63, 3.8) is 0 Å². The summed E-state index contributed by atoms with van der Waals surface area (Å²) in [5, 5.41) is 0. The van der Waals surface area contributed by atoms with Gasteiger partial charge >= 0.3 is 0 Å². The zero-order chi connectivity index (χ0) is 13.1. The molecule has 0 spiro atoms. The molecule has 0 radical (unpaired) electrons. The van der Waals surface area contributed by atoms with Crippen molar-refractivity contribution in [1.29, 1.82) is 0 Å². The summed E-state index contributed by atoms with van der Waals surface area (Å²) >= 11 is 0. The van der Waals surface area contributed by atoms with Gasteiger partial charge in [0, 0.05) is 18.5 Å². The zero-order valence-electron chi connectivity index (χ0n) is 11.4. The van der Waals surface area contributed by atoms with Crippen LogP contribution in [0.4, 0.5) is 5.82 Å². The summed E-state index contributed by atoms with van der Waals surface area (Å²) in [5.41, 5.74) is 9.55. The molecule has 0 saturated heterocycles. The number of nitrogens with zero attached hydrogens (tertiary/aromatic N) is 2. The zero-order valence-corrected chi connectivity index (χ0v) is 11.4. The van der Waals surface area contributed by atoms with Crippen molar-refractivity contribution in [2.75, 3.05) is 5.73 Å². The van der Waals surface area contributed by atoms with E-state index in [0.29, 0.717) is 0 Å². The van der Waals surface area contributed by atoms with E-state index in [0.717, 1.165) is 42.3 Å². The van der Waals surface area contributed by atoms with Crippen LogP contribution in [0.1, 0.15) is 31.7 Å². The van der Waals surface area contributed by atoms with E-state index in [1.807, 2.05) is 12.1 Å². The number of nitrogen functional groups attached to an aromatic ring is 1. The quantitative estimate of drug-likeness (QED) is 0.894. The number of nitrogens with two attached hydrogens (primary N) is 1. The van der Waals surface area contributed by atoms with E-state index in [1.165, 1.54) is 5.56 Å². The summed E-state index contributed by atoms with van der Waals surface area (Å²) in [5.74, 6) is 1.87. The molecule has 0 unspecified atom stereocenters. The molecule has 2 rings (SSSR count). The molecule has 3 nitrogen and oxygen atoms in total. The molecule has 0 saturated carbocycles. The number of aryl methyl sites for hydroxylation is 2. The molecule has 3 heteroatoms. The standard InChI is InChI=1S/C15H21N3/c1-4-10-18-13(5-2)17-14(15(18)16)12-9-7-6-8-11(12)3/h6-9H,4-5,10,16H2,1-3H3. The Kier molecular flexibility index (Phi) is 3.70. The van der Waals surface area contributed by atoms with Crippen molar-refractivity contribution in [3.8, 4) is 11.3 Å². The number of aromatic nitrogens is 2. The Labute approximate surface area is 109 Å². The molecule has 96 valence electrons. The van der Waals surface area contributed by atoms with E-state index in [2.05, 4.69) is 37.5 Å². The summed E-state index contributed by atoms with van der Waals surface area (Å²) in [6.45, 7) is 7.31. The second-order valence-electron chi connectivity index (χ2n) is 4.58. The van der Waals surface area contributed by atoms with E-state index >= 15 is 0 Å². The van der Waals surface area contributed by atoms with E-state index in [1.54, 1.807) is 0 Å². The third-order valence-corrected chi connectivity index (χ3v) is 3.25. The highest BCUT2D eigenvalue weighted by molar-refractivity contribution is 5.73. The van der Waals surface area contributed by atoms with Gasteiger partial charge in [-0.3, -0.25) is 0 Å². The van der Waals surface area contributed by atoms with Crippen molar-refractivity contribution in [2.24, 2.45) is 0 Å². The van der Waals surface area contributed by atoms with Gasteiger partial charge in [0.15, 0.2) is 0 Å². The minimum Gasteiger partial charge on any atom is -0.383 e. The van der Waals surface area contributed by atoms with Crippen LogP contribution in [0.2, 0.25) is 0 Å². The third kappa shape index (κ3) is 2.13. The average molecular weight is 243 g/mol. The highest BCUT2D eigenvalue weighted by atomic mass is 15.1. The van der Waals surface area contributed by atoms with Crippen molar-refractivity contribution < 1.29 is 0 Å². The number of hydrogen-bond acceptors (Lipinski definition) is 2. The summed E-state index contributed by atoms with van der Waals surface area (Å²) in [6.07, 6.45) is 1.98. The van der Waals surface area contributed by atoms with E-state index < -0.39 is 0 Å². The smallest absolute Gasteiger partial charge is 0.131 e. The molecule has 1 heterocycles. The van der Waals surface area contributed by atoms with Gasteiger partial charge < -0.3 is 10.3 Å². The predicted molar refractivity (Wildman–Crippen MR) is 76.5 cm³/mol. The second kappa shape index (κ2) is 5.25. The monoisotopic (exact) mass is 243 g/mol. The number of hydrogen-bond donors (Lipinski definition) is 1. The lowest BCUT2D eigenvalue weighted by Gasteiger charge is -2.07. The normalized spacial score (nSPS) is 10.8. The molecule has 1 aromatic carbocycles. The van der Waals surface area contributed by atoms with Gasteiger partial charge in [-0.1, -0.05) is 38.1 Å². The van der Waals surface area contributed by atoms with Crippen LogP contribution in [0, 0.1) is 6.92 Å². The van der Waals surface area contributed by atoms with Gasteiger partial charge in [0.2, 0.25) is 0 Å². The van der Waals surface area contributed by atoms with Gasteiger partial charge in [0.05, 0.1) is 0 Å². The number of rotatable bonds is 4. The van der Waals surface area contributed by atoms with Gasteiger partial charge in [-0.05, 0) is 18.9 Å². The molecule has 0 aliphatic rings. The first-order chi connectivity index (χ1) is 8.69. The average Bonchev–Trinajstić information content (AvgIpc) is 2.68. The van der Waals surface area contributed by atoms with Gasteiger partial charge in [0.1, 0.15) is 17.3 Å². The number of benzene rings is 1. The fourth-order valence-electron chi connectivity index (χ4n) is 2.29. The van der Waals surface area contributed by atoms with Crippen LogP contribution in [0.3, 0.4) is 0 Å². The van der Waals surface area contributed by atoms with Crippen LogP contribution in [0.15, 0.2) is 24.3 Å². The molecule has 2 N–H and O–H groups in total. The van der Waals surface area contributed by atoms with Crippen LogP contribution >= 0.6 is 0 Å². The molecule has 0 fully saturated rings. The molecule has 2 aromatic rings. The Morgan fingerprint density at radius 1 is 1.22 bits per heavy atom. The predicted octanol–water partition coefficient (Wildman–Crippen LogP) is 3.41. The highest BCUT2D eigenvalue weighted by Crippen LogP contribution is 2.29. The molecule has 0 atom stereocenters. The van der Waals surface area contributed by atoms with Gasteiger partial charge in [-0.15, -0.1) is 0 Å². The Morgan fingerprint density at radius 3 is 2.56 bits per heavy atom. The highest BCUT2D eigenvalue weighted by Gasteiger charge is 2.15. The van der Waals surface area contributed by atoms with Crippen molar-refractivity contribution in [2.45, 2.75) is 40.2 Å². The lowest BCUT2D eigenvalue weighted by molar-refractivity contribution is 0.650. The van der Waals surface area contributed by atoms with Gasteiger partial charge in [-0.2, -0.15) is 0 Å². The third-order valence-electron chi connectivity index (χ3n) is 3.25. The van der Waals surface area contributed by atoms with E-state index in [-0.39, 0.29) is 0 Å². The molecule has 18 heavy (non-hydrogen) atoms. The first-order valence-electron chi connectivity index (χ1n) is 6.59. The van der Waals surface area contributed by atoms with Crippen molar-refractivity contribution >= 4 is 5.82 Å². The first-order valence-corrected chi connectivity index (χ1v) is 6.59. The SMILES string of the molecule is CCCn1c(CC)nc(-c2ccccc2C)c1N. The maximum Gasteiger partial charge on any atom is 0.131 e. The number of anilines is 1. The molecule has 0 aliphatic carbocycles. The molecular formula is C15H21N3. The molecular weight excluding hydrogens is 222 g/mol. The maximum atomic E-state index is 6.27. The fourth-order valence-corrected chi connectivity index (χ4v) is 2.29. The second-order valence-corrected chi connectivity index (χ2v) is 4.58. The summed E-state index contributed by atoms with van der Waals surface area (Å²) in [7, 11) is 0. The van der Waals surface area contributed by atoms with Gasteiger partial charge in [-0.25, -0.2) is 4.98 Å². The van der Waals surface area contributed by atoms with Crippen LogP contribution in [0.25, 0.3) is 11.3 Å². The molecule has 0 bridgehead atoms. The summed E-state index contributed by atoms with van der Waals surface area (Å²) in [6, 6.07) is 8.26. The lowest BCUT2D eigenvalue weighted by atomic mass is 10.1. The largest absolute Gasteiger partial charge is 0.383 e. The molecule has 0 aliphatic heterocycles. The van der Waals surface area contributed by atoms with Crippen molar-refractivity contribution in [3.05, 3.63) is 35.7 Å². The minimum atomic E-state index is 0.794. The van der Waals surface area contributed by atoms with Crippen LogP contribution in [0.5, 0.6) is 0 Å². The molecule has 0 amide bonds. The topological polar surface area (TPSA) is 43.8 Å². The van der Waals surface area contributed by atoms with Gasteiger partial charge in [0.25, 0.3) is 0 Å². The Bertz CT molecular complexity index is 541. The Hall–Kier alpha value is -1.77. The van der Waals surface area contributed by atoms with Crippen LogP contribution in [-0.4, -0.2) is 9.55 Å². The van der Waals surface area contributed by atoms with E-state index in [9.17, 15) is 0 Å². The lowest BCUT2D eigenvalue weighted by Crippen LogP contribution is -2.06. The van der Waals surface area contributed by atoms with Crippen LogP contribution < -0.4 is 5.73 Å². The van der Waals surface area contributed by atoms with Crippen molar-refractivity contribution in [1.82, 2.24) is 9.55 Å². The Morgan fingerprint density at radius 2 is 1.94 bits per heavy atom. The number of imidazole rings is 1. The summed E-state index contributed by atoms with van der Waals surface area (Å²) < 4.78 is 2.14. The molecule has 1 aromatic heterocycles. The minimum absolute atomic E-state index is 0.794. The summed E-state index contributed by atoms with van der Waals surface area (Å²) in [4.78, 5) is 4.72. The fraction of sp³-hybridized carbons (Fsp3) is 0.400. The maximum absolute atomic E-state index is 6.27. The van der Waals surface area contributed by atoms with Crippen LogP contribution in [-0.2, 0) is 13.0 Å². The Balaban J connectivity index is 2.56. The first kappa shape index (κ1) is 12.7. The van der Waals surface area contributed by atoms with E-state index in [4.69, 9.17) is 10.7 Å².